The van der Waals surface area contributed by atoms with Gasteiger partial charge in [-0.25, -0.2) is 14.4 Å². The maximum absolute atomic E-state index is 12.7. The fourth-order valence-corrected chi connectivity index (χ4v) is 3.60. The predicted molar refractivity (Wildman–Crippen MR) is 152 cm³/mol. The molecule has 1 aromatic rings. The zero-order valence-corrected chi connectivity index (χ0v) is 25.3. The van der Waals surface area contributed by atoms with E-state index in [2.05, 4.69) is 5.32 Å². The van der Waals surface area contributed by atoms with E-state index in [0.717, 1.165) is 25.7 Å². The molecule has 2 N–H and O–H groups in total. The second-order valence-electron chi connectivity index (χ2n) is 10.1. The lowest BCUT2D eigenvalue weighted by Crippen LogP contribution is -2.60. The van der Waals surface area contributed by atoms with Gasteiger partial charge in [0.05, 0.1) is 19.1 Å². The van der Waals surface area contributed by atoms with E-state index in [1.165, 1.54) is 18.2 Å². The normalized spacial score (nSPS) is 13.8. The largest absolute Gasteiger partial charge is 0.513 e. The van der Waals surface area contributed by atoms with Crippen LogP contribution in [0, 0.1) is 5.92 Å². The average Bonchev–Trinajstić information content (AvgIpc) is 2.94. The predicted octanol–water partition coefficient (Wildman–Crippen LogP) is 6.40. The quantitative estimate of drug-likeness (QED) is 0.0615. The molecule has 1 aromatic carbocycles. The highest BCUT2D eigenvalue weighted by Gasteiger charge is 2.44. The molecule has 0 radical (unpaired) electrons. The Kier molecular flexibility index (Phi) is 16.5. The van der Waals surface area contributed by atoms with E-state index in [-0.39, 0.29) is 37.2 Å². The number of hydrogen-bond acceptors (Lipinski definition) is 10. The van der Waals surface area contributed by atoms with E-state index in [4.69, 9.17) is 23.7 Å². The summed E-state index contributed by atoms with van der Waals surface area (Å²) in [5, 5.41) is 13.2. The third-order valence-corrected chi connectivity index (χ3v) is 6.51. The van der Waals surface area contributed by atoms with Crippen LogP contribution in [0.5, 0.6) is 11.5 Å². The summed E-state index contributed by atoms with van der Waals surface area (Å²) in [6, 6.07) is 3.88. The maximum Gasteiger partial charge on any atom is 0.513 e. The Hall–Kier alpha value is -3.34. The molecule has 0 heterocycles. The van der Waals surface area contributed by atoms with E-state index in [0.29, 0.717) is 31.2 Å². The van der Waals surface area contributed by atoms with Crippen molar-refractivity contribution in [1.82, 2.24) is 5.32 Å². The number of unbranched alkanes of at least 4 members (excludes halogenated alkanes) is 4. The molecule has 0 aliphatic rings. The van der Waals surface area contributed by atoms with Crippen LogP contribution in [0.3, 0.4) is 0 Å². The molecule has 232 valence electrons. The number of carboxylic acids is 1. The van der Waals surface area contributed by atoms with Crippen LogP contribution in [0.25, 0.3) is 0 Å². The summed E-state index contributed by atoms with van der Waals surface area (Å²) in [5.74, 6) is -2.86. The summed E-state index contributed by atoms with van der Waals surface area (Å²) in [6.07, 6.45) is 3.73. The van der Waals surface area contributed by atoms with Crippen molar-refractivity contribution in [3.63, 3.8) is 0 Å². The zero-order chi connectivity index (χ0) is 30.8. The zero-order valence-electron chi connectivity index (χ0n) is 25.3. The van der Waals surface area contributed by atoms with Gasteiger partial charge in [0, 0.05) is 12.5 Å². The lowest BCUT2D eigenvalue weighted by molar-refractivity contribution is -0.187. The second-order valence-corrected chi connectivity index (χ2v) is 10.1. The third-order valence-electron chi connectivity index (χ3n) is 6.51. The van der Waals surface area contributed by atoms with Crippen molar-refractivity contribution < 1.29 is 48.0 Å². The number of benzene rings is 1. The van der Waals surface area contributed by atoms with Crippen LogP contribution in [0.15, 0.2) is 18.2 Å². The van der Waals surface area contributed by atoms with Crippen LogP contribution >= 0.6 is 0 Å². The van der Waals surface area contributed by atoms with Crippen molar-refractivity contribution in [3.8, 4) is 11.5 Å². The molecule has 41 heavy (non-hydrogen) atoms. The molecule has 0 amide bonds. The summed E-state index contributed by atoms with van der Waals surface area (Å²) in [7, 11) is 0. The van der Waals surface area contributed by atoms with Crippen LogP contribution in [0.4, 0.5) is 9.59 Å². The number of esters is 1. The van der Waals surface area contributed by atoms with Crippen LogP contribution in [-0.2, 0) is 30.2 Å². The smallest absolute Gasteiger partial charge is 0.477 e. The minimum atomic E-state index is -2.10. The first-order chi connectivity index (χ1) is 19.5. The van der Waals surface area contributed by atoms with Gasteiger partial charge in [-0.1, -0.05) is 66.4 Å². The van der Waals surface area contributed by atoms with Gasteiger partial charge in [-0.2, -0.15) is 0 Å². The Balaban J connectivity index is 3.35. The fourth-order valence-electron chi connectivity index (χ4n) is 3.60. The minimum Gasteiger partial charge on any atom is -0.477 e. The summed E-state index contributed by atoms with van der Waals surface area (Å²) >= 11 is 0. The van der Waals surface area contributed by atoms with Gasteiger partial charge in [-0.3, -0.25) is 10.1 Å². The number of carboxylic acid groups (broad SMARTS) is 1. The summed E-state index contributed by atoms with van der Waals surface area (Å²) in [4.78, 5) is 50.0. The third kappa shape index (κ3) is 12.8. The van der Waals surface area contributed by atoms with Gasteiger partial charge in [0.15, 0.2) is 11.5 Å². The van der Waals surface area contributed by atoms with E-state index in [1.807, 2.05) is 20.8 Å². The molecular weight excluding hydrogens is 534 g/mol. The average molecular weight is 582 g/mol. The fraction of sp³-hybridized carbons (Fsp3) is 0.667. The number of nitrogens with one attached hydrogen (secondary N) is 1. The molecule has 1 rings (SSSR count). The van der Waals surface area contributed by atoms with Gasteiger partial charge in [0.25, 0.3) is 5.72 Å². The van der Waals surface area contributed by atoms with Crippen molar-refractivity contribution in [2.45, 2.75) is 111 Å². The highest BCUT2D eigenvalue weighted by Crippen LogP contribution is 2.32. The molecule has 0 saturated carbocycles. The first-order valence-corrected chi connectivity index (χ1v) is 14.6. The molecule has 0 spiro atoms. The number of carbonyl (C=O) groups is 4. The number of ether oxygens (including phenoxy) is 5. The summed E-state index contributed by atoms with van der Waals surface area (Å²) in [5.41, 5.74) is -1.77. The number of aliphatic carboxylic acids is 1. The van der Waals surface area contributed by atoms with Gasteiger partial charge < -0.3 is 28.8 Å². The molecule has 0 aliphatic carbocycles. The molecule has 0 aromatic heterocycles. The molecule has 11 heteroatoms. The Morgan fingerprint density at radius 1 is 0.829 bits per heavy atom. The second kappa shape index (κ2) is 18.9. The number of rotatable bonds is 19. The van der Waals surface area contributed by atoms with Crippen LogP contribution < -0.4 is 14.8 Å². The van der Waals surface area contributed by atoms with Crippen molar-refractivity contribution in [1.29, 1.82) is 0 Å². The first kappa shape index (κ1) is 35.7. The molecule has 3 atom stereocenters. The van der Waals surface area contributed by atoms with Gasteiger partial charge in [-0.05, 0) is 50.3 Å². The van der Waals surface area contributed by atoms with Crippen LogP contribution in [0.1, 0.15) is 98.5 Å². The monoisotopic (exact) mass is 581 g/mol. The van der Waals surface area contributed by atoms with Gasteiger partial charge in [0.1, 0.15) is 0 Å². The van der Waals surface area contributed by atoms with Gasteiger partial charge in [0.2, 0.25) is 0 Å². The maximum atomic E-state index is 12.7. The molecule has 0 aliphatic heterocycles. The minimum absolute atomic E-state index is 0.118. The molecule has 0 saturated heterocycles. The SMILES string of the molecule is CCCCCOC(=O)Oc1ccc(C[C@](NC(C)CC)(OC(=O)C(C)CC)C(=O)O)cc1OC(=O)OCCCCC. The molecular formula is C30H47NO10. The molecule has 0 fully saturated rings. The number of carbonyl (C=O) groups excluding carboxylic acids is 3. The van der Waals surface area contributed by atoms with Gasteiger partial charge >= 0.3 is 24.2 Å². The van der Waals surface area contributed by atoms with Crippen LogP contribution in [0.2, 0.25) is 0 Å². The van der Waals surface area contributed by atoms with Crippen molar-refractivity contribution in [2.75, 3.05) is 13.2 Å². The Morgan fingerprint density at radius 2 is 1.39 bits per heavy atom. The highest BCUT2D eigenvalue weighted by atomic mass is 16.7. The Bertz CT molecular complexity index is 982. The highest BCUT2D eigenvalue weighted by molar-refractivity contribution is 5.83. The molecule has 11 nitrogen and oxygen atoms in total. The topological polar surface area (TPSA) is 147 Å². The molecule has 2 unspecified atom stereocenters. The van der Waals surface area contributed by atoms with E-state index < -0.39 is 35.9 Å². The number of hydrogen-bond donors (Lipinski definition) is 2. The molecule has 0 bridgehead atoms. The Morgan fingerprint density at radius 3 is 1.88 bits per heavy atom. The van der Waals surface area contributed by atoms with Crippen LogP contribution in [-0.4, -0.2) is 54.3 Å². The van der Waals surface area contributed by atoms with E-state index in [1.54, 1.807) is 20.8 Å². The van der Waals surface area contributed by atoms with E-state index >= 15 is 0 Å². The van der Waals surface area contributed by atoms with Crippen molar-refractivity contribution >= 4 is 24.2 Å². The van der Waals surface area contributed by atoms with Gasteiger partial charge in [-0.15, -0.1) is 0 Å². The summed E-state index contributed by atoms with van der Waals surface area (Å²) < 4.78 is 26.5. The first-order valence-electron chi connectivity index (χ1n) is 14.6. The van der Waals surface area contributed by atoms with Crippen molar-refractivity contribution in [2.24, 2.45) is 5.92 Å². The standard InChI is InChI=1S/C30H47NO10/c1-7-11-13-17-37-28(35)39-24-16-15-23(19-25(24)40-29(36)38-18-14-12-8-2)20-30(27(33)34,31-22(6)10-4)41-26(32)21(5)9-3/h15-16,19,21-22,31H,7-14,17-18,20H2,1-6H3,(H,33,34)/t21?,22?,30-/m0/s1. The Labute approximate surface area is 243 Å². The lowest BCUT2D eigenvalue weighted by Gasteiger charge is -2.34. The summed E-state index contributed by atoms with van der Waals surface area (Å²) in [6.45, 7) is 11.5. The lowest BCUT2D eigenvalue weighted by atomic mass is 9.99. The van der Waals surface area contributed by atoms with E-state index in [9.17, 15) is 24.3 Å². The van der Waals surface area contributed by atoms with Crippen molar-refractivity contribution in [3.05, 3.63) is 23.8 Å².